The zero-order chi connectivity index (χ0) is 14.0. The van der Waals surface area contributed by atoms with E-state index >= 15 is 0 Å². The third kappa shape index (κ3) is 2.92. The Balaban J connectivity index is 2.20. The monoisotopic (exact) mass is 276 g/mol. The molecule has 0 aliphatic heterocycles. The molecule has 2 aromatic rings. The van der Waals surface area contributed by atoms with Crippen molar-refractivity contribution in [3.05, 3.63) is 34.9 Å². The molecular formula is C14H20N4S. The van der Waals surface area contributed by atoms with E-state index in [2.05, 4.69) is 56.1 Å². The van der Waals surface area contributed by atoms with Crippen LogP contribution in [0.5, 0.6) is 0 Å². The highest BCUT2D eigenvalue weighted by Crippen LogP contribution is 2.28. The molecular weight excluding hydrogens is 256 g/mol. The molecule has 0 spiro atoms. The Kier molecular flexibility index (Phi) is 4.14. The van der Waals surface area contributed by atoms with Gasteiger partial charge in [-0.2, -0.15) is 0 Å². The van der Waals surface area contributed by atoms with Crippen molar-refractivity contribution in [3.63, 3.8) is 0 Å². The van der Waals surface area contributed by atoms with Crippen LogP contribution >= 0.6 is 11.8 Å². The van der Waals surface area contributed by atoms with E-state index in [0.717, 1.165) is 10.9 Å². The topological polar surface area (TPSA) is 56.7 Å². The number of nitrogens with zero attached hydrogens (tertiary/aromatic N) is 3. The molecule has 0 radical (unpaired) electrons. The molecule has 0 atom stereocenters. The normalized spacial score (nSPS) is 11.2. The van der Waals surface area contributed by atoms with Gasteiger partial charge in [0.25, 0.3) is 0 Å². The molecule has 1 aromatic heterocycles. The molecule has 0 unspecified atom stereocenters. The number of hydrogen-bond donors (Lipinski definition) is 1. The van der Waals surface area contributed by atoms with Crippen molar-refractivity contribution < 1.29 is 0 Å². The molecule has 19 heavy (non-hydrogen) atoms. The molecule has 102 valence electrons. The summed E-state index contributed by atoms with van der Waals surface area (Å²) in [6, 6.07) is 6.65. The molecule has 5 heteroatoms. The molecule has 0 aliphatic carbocycles. The lowest BCUT2D eigenvalue weighted by Crippen LogP contribution is -2.07. The summed E-state index contributed by atoms with van der Waals surface area (Å²) in [7, 11) is 0. The van der Waals surface area contributed by atoms with E-state index in [-0.39, 0.29) is 6.04 Å². The van der Waals surface area contributed by atoms with Gasteiger partial charge in [0.2, 0.25) is 5.95 Å². The zero-order valence-corrected chi connectivity index (χ0v) is 12.7. The summed E-state index contributed by atoms with van der Waals surface area (Å²) < 4.78 is 1.97. The van der Waals surface area contributed by atoms with Gasteiger partial charge in [-0.1, -0.05) is 30.0 Å². The van der Waals surface area contributed by atoms with Gasteiger partial charge in [-0.05, 0) is 44.4 Å². The quantitative estimate of drug-likeness (QED) is 0.870. The molecule has 2 rings (SSSR count). The first-order chi connectivity index (χ1) is 9.00. The van der Waals surface area contributed by atoms with Crippen molar-refractivity contribution in [2.24, 2.45) is 0 Å². The smallest absolute Gasteiger partial charge is 0.222 e. The van der Waals surface area contributed by atoms with Crippen molar-refractivity contribution in [2.75, 3.05) is 5.73 Å². The number of rotatable bonds is 4. The van der Waals surface area contributed by atoms with Gasteiger partial charge in [0.05, 0.1) is 0 Å². The maximum atomic E-state index is 5.85. The average Bonchev–Trinajstić information content (AvgIpc) is 2.70. The van der Waals surface area contributed by atoms with Crippen LogP contribution in [-0.2, 0) is 5.75 Å². The van der Waals surface area contributed by atoms with Crippen LogP contribution in [0.3, 0.4) is 0 Å². The highest BCUT2D eigenvalue weighted by atomic mass is 32.2. The first kappa shape index (κ1) is 13.9. The Hall–Kier alpha value is -1.49. The van der Waals surface area contributed by atoms with Crippen LogP contribution < -0.4 is 5.73 Å². The molecule has 0 amide bonds. The fraction of sp³-hybridized carbons (Fsp3) is 0.429. The number of benzene rings is 1. The Morgan fingerprint density at radius 1 is 1.21 bits per heavy atom. The number of nitrogen functional groups attached to an aromatic ring is 1. The number of aromatic nitrogens is 3. The number of aryl methyl sites for hydroxylation is 2. The van der Waals surface area contributed by atoms with Gasteiger partial charge in [0.1, 0.15) is 0 Å². The number of hydrogen-bond acceptors (Lipinski definition) is 4. The minimum atomic E-state index is 0.274. The largest absolute Gasteiger partial charge is 0.368 e. The van der Waals surface area contributed by atoms with Crippen LogP contribution in [0.25, 0.3) is 0 Å². The van der Waals surface area contributed by atoms with Crippen molar-refractivity contribution in [2.45, 2.75) is 44.6 Å². The summed E-state index contributed by atoms with van der Waals surface area (Å²) in [4.78, 5) is 0. The van der Waals surface area contributed by atoms with E-state index < -0.39 is 0 Å². The molecule has 0 aliphatic rings. The SMILES string of the molecule is Cc1cccc(C)c1CSc1nnc(N)n1C(C)C. The lowest BCUT2D eigenvalue weighted by atomic mass is 10.1. The predicted octanol–water partition coefficient (Wildman–Crippen LogP) is 3.35. The predicted molar refractivity (Wildman–Crippen MR) is 80.3 cm³/mol. The summed E-state index contributed by atoms with van der Waals surface area (Å²) in [5, 5.41) is 9.01. The number of anilines is 1. The fourth-order valence-electron chi connectivity index (χ4n) is 2.09. The lowest BCUT2D eigenvalue weighted by molar-refractivity contribution is 0.557. The molecule has 0 fully saturated rings. The van der Waals surface area contributed by atoms with Crippen molar-refractivity contribution in [1.29, 1.82) is 0 Å². The van der Waals surface area contributed by atoms with Crippen LogP contribution in [-0.4, -0.2) is 14.8 Å². The van der Waals surface area contributed by atoms with Crippen molar-refractivity contribution in [3.8, 4) is 0 Å². The molecule has 1 heterocycles. The summed E-state index contributed by atoms with van der Waals surface area (Å²) in [6.07, 6.45) is 0. The van der Waals surface area contributed by atoms with Gasteiger partial charge in [0.15, 0.2) is 5.16 Å². The maximum absolute atomic E-state index is 5.85. The van der Waals surface area contributed by atoms with Crippen molar-refractivity contribution in [1.82, 2.24) is 14.8 Å². The van der Waals surface area contributed by atoms with E-state index in [9.17, 15) is 0 Å². The minimum Gasteiger partial charge on any atom is -0.368 e. The van der Waals surface area contributed by atoms with Crippen molar-refractivity contribution >= 4 is 17.7 Å². The summed E-state index contributed by atoms with van der Waals surface area (Å²) >= 11 is 1.69. The van der Waals surface area contributed by atoms with Gasteiger partial charge in [-0.25, -0.2) is 0 Å². The van der Waals surface area contributed by atoms with E-state index in [1.54, 1.807) is 11.8 Å². The molecule has 0 bridgehead atoms. The third-order valence-corrected chi connectivity index (χ3v) is 4.17. The number of nitrogens with two attached hydrogens (primary N) is 1. The Morgan fingerprint density at radius 3 is 2.42 bits per heavy atom. The van der Waals surface area contributed by atoms with Crippen LogP contribution in [0.15, 0.2) is 23.4 Å². The summed E-state index contributed by atoms with van der Waals surface area (Å²) in [5.41, 5.74) is 9.84. The van der Waals surface area contributed by atoms with Crippen LogP contribution in [0.2, 0.25) is 0 Å². The highest BCUT2D eigenvalue weighted by Gasteiger charge is 2.13. The molecule has 4 nitrogen and oxygen atoms in total. The van der Waals surface area contributed by atoms with E-state index in [4.69, 9.17) is 5.73 Å². The van der Waals surface area contributed by atoms with Gasteiger partial charge in [-0.15, -0.1) is 10.2 Å². The maximum Gasteiger partial charge on any atom is 0.222 e. The third-order valence-electron chi connectivity index (χ3n) is 3.20. The second-order valence-corrected chi connectivity index (χ2v) is 5.91. The summed E-state index contributed by atoms with van der Waals surface area (Å²) in [6.45, 7) is 8.46. The Morgan fingerprint density at radius 2 is 1.84 bits per heavy atom. The highest BCUT2D eigenvalue weighted by molar-refractivity contribution is 7.98. The van der Waals surface area contributed by atoms with Crippen LogP contribution in [0.1, 0.15) is 36.6 Å². The van der Waals surface area contributed by atoms with Gasteiger partial charge < -0.3 is 5.73 Å². The molecule has 0 saturated heterocycles. The van der Waals surface area contributed by atoms with Crippen LogP contribution in [0.4, 0.5) is 5.95 Å². The van der Waals surface area contributed by atoms with E-state index in [0.29, 0.717) is 5.95 Å². The second kappa shape index (κ2) is 5.65. The zero-order valence-electron chi connectivity index (χ0n) is 11.8. The fourth-order valence-corrected chi connectivity index (χ4v) is 3.36. The minimum absolute atomic E-state index is 0.274. The van der Waals surface area contributed by atoms with Crippen LogP contribution in [0, 0.1) is 13.8 Å². The van der Waals surface area contributed by atoms with E-state index in [1.165, 1.54) is 16.7 Å². The van der Waals surface area contributed by atoms with Gasteiger partial charge >= 0.3 is 0 Å². The van der Waals surface area contributed by atoms with E-state index in [1.807, 2.05) is 4.57 Å². The standard InChI is InChI=1S/C14H20N4S/c1-9(2)18-13(15)16-17-14(18)19-8-12-10(3)6-5-7-11(12)4/h5-7,9H,8H2,1-4H3,(H2,15,16). The Labute approximate surface area is 118 Å². The second-order valence-electron chi connectivity index (χ2n) is 4.96. The first-order valence-electron chi connectivity index (χ1n) is 6.39. The lowest BCUT2D eigenvalue weighted by Gasteiger charge is -2.12. The molecule has 0 saturated carbocycles. The molecule has 1 aromatic carbocycles. The summed E-state index contributed by atoms with van der Waals surface area (Å²) in [5.74, 6) is 1.38. The first-order valence-corrected chi connectivity index (χ1v) is 7.37. The molecule has 2 N–H and O–H groups in total. The van der Waals surface area contributed by atoms with Gasteiger partial charge in [0, 0.05) is 11.8 Å². The Bertz CT molecular complexity index is 555. The van der Waals surface area contributed by atoms with Gasteiger partial charge in [-0.3, -0.25) is 4.57 Å². The average molecular weight is 276 g/mol. The number of thioether (sulfide) groups is 1.